The van der Waals surface area contributed by atoms with E-state index < -0.39 is 11.9 Å². The van der Waals surface area contributed by atoms with E-state index in [-0.39, 0.29) is 17.9 Å². The molecule has 22 heavy (non-hydrogen) atoms. The zero-order valence-electron chi connectivity index (χ0n) is 12.7. The second kappa shape index (κ2) is 5.99. The molecule has 1 saturated heterocycles. The molecule has 2 aliphatic rings. The van der Waals surface area contributed by atoms with E-state index in [4.69, 9.17) is 9.84 Å². The summed E-state index contributed by atoms with van der Waals surface area (Å²) in [4.78, 5) is 24.8. The van der Waals surface area contributed by atoms with Gasteiger partial charge in [-0.15, -0.1) is 0 Å². The summed E-state index contributed by atoms with van der Waals surface area (Å²) in [6.45, 7) is 3.34. The number of hydrogen-bond donors (Lipinski definition) is 1. The number of carboxylic acid groups (broad SMARTS) is 1. The van der Waals surface area contributed by atoms with E-state index in [9.17, 15) is 9.59 Å². The van der Waals surface area contributed by atoms with Crippen LogP contribution in [0.2, 0.25) is 0 Å². The second-order valence-corrected chi connectivity index (χ2v) is 6.24. The molecule has 1 aromatic carbocycles. The van der Waals surface area contributed by atoms with Crippen molar-refractivity contribution in [3.63, 3.8) is 0 Å². The summed E-state index contributed by atoms with van der Waals surface area (Å²) >= 11 is 0. The predicted molar refractivity (Wildman–Crippen MR) is 80.6 cm³/mol. The molecule has 5 heteroatoms. The Kier molecular flexibility index (Phi) is 4.05. The zero-order chi connectivity index (χ0) is 15.7. The standard InChI is InChI=1S/C17H21NO4/c1-11-2-4-12(5-3-11)22-13-6-8-18(9-7-13)16(19)14-10-15(14)17(20)21/h2-5,13-15H,6-10H2,1H3,(H,20,21)/t14-,15-/m1/s1. The van der Waals surface area contributed by atoms with Crippen molar-refractivity contribution in [2.24, 2.45) is 11.8 Å². The minimum Gasteiger partial charge on any atom is -0.490 e. The van der Waals surface area contributed by atoms with Gasteiger partial charge >= 0.3 is 5.97 Å². The van der Waals surface area contributed by atoms with Crippen LogP contribution in [-0.2, 0) is 9.59 Å². The Labute approximate surface area is 129 Å². The van der Waals surface area contributed by atoms with Gasteiger partial charge in [-0.05, 0) is 25.5 Å². The van der Waals surface area contributed by atoms with Crippen molar-refractivity contribution in [2.45, 2.75) is 32.3 Å². The number of hydrogen-bond acceptors (Lipinski definition) is 3. The Morgan fingerprint density at radius 1 is 1.14 bits per heavy atom. The Balaban J connectivity index is 1.47. The summed E-state index contributed by atoms with van der Waals surface area (Å²) in [6, 6.07) is 7.98. The van der Waals surface area contributed by atoms with Crippen molar-refractivity contribution < 1.29 is 19.4 Å². The molecule has 118 valence electrons. The van der Waals surface area contributed by atoms with E-state index in [2.05, 4.69) is 0 Å². The van der Waals surface area contributed by atoms with Gasteiger partial charge in [-0.3, -0.25) is 9.59 Å². The van der Waals surface area contributed by atoms with Gasteiger partial charge in [0, 0.05) is 25.9 Å². The molecule has 2 atom stereocenters. The normalized spacial score (nSPS) is 24.9. The number of carbonyl (C=O) groups excluding carboxylic acids is 1. The van der Waals surface area contributed by atoms with Gasteiger partial charge in [-0.1, -0.05) is 17.7 Å². The van der Waals surface area contributed by atoms with E-state index in [0.717, 1.165) is 18.6 Å². The fraction of sp³-hybridized carbons (Fsp3) is 0.529. The molecule has 1 aliphatic carbocycles. The molecule has 5 nitrogen and oxygen atoms in total. The summed E-state index contributed by atoms with van der Waals surface area (Å²) < 4.78 is 5.94. The highest BCUT2D eigenvalue weighted by atomic mass is 16.5. The third-order valence-corrected chi connectivity index (χ3v) is 4.50. The number of carboxylic acids is 1. The van der Waals surface area contributed by atoms with Crippen LogP contribution in [0.25, 0.3) is 0 Å². The van der Waals surface area contributed by atoms with Crippen molar-refractivity contribution in [3.8, 4) is 5.75 Å². The highest BCUT2D eigenvalue weighted by Crippen LogP contribution is 2.40. The highest BCUT2D eigenvalue weighted by Gasteiger charge is 2.50. The third-order valence-electron chi connectivity index (χ3n) is 4.50. The molecule has 1 saturated carbocycles. The van der Waals surface area contributed by atoms with Crippen molar-refractivity contribution in [3.05, 3.63) is 29.8 Å². The number of piperidine rings is 1. The third kappa shape index (κ3) is 3.24. The Morgan fingerprint density at radius 3 is 2.32 bits per heavy atom. The van der Waals surface area contributed by atoms with E-state index in [1.54, 1.807) is 4.90 Å². The number of nitrogens with zero attached hydrogens (tertiary/aromatic N) is 1. The highest BCUT2D eigenvalue weighted by molar-refractivity contribution is 5.89. The van der Waals surface area contributed by atoms with Gasteiger partial charge in [0.2, 0.25) is 5.91 Å². The summed E-state index contributed by atoms with van der Waals surface area (Å²) in [6.07, 6.45) is 2.21. The molecule has 0 unspecified atom stereocenters. The molecular weight excluding hydrogens is 282 g/mol. The number of aryl methyl sites for hydroxylation is 1. The first kappa shape index (κ1) is 14.9. The van der Waals surface area contributed by atoms with Crippen molar-refractivity contribution in [2.75, 3.05) is 13.1 Å². The van der Waals surface area contributed by atoms with Gasteiger partial charge in [0.1, 0.15) is 11.9 Å². The molecule has 1 aromatic rings. The van der Waals surface area contributed by atoms with E-state index >= 15 is 0 Å². The summed E-state index contributed by atoms with van der Waals surface area (Å²) in [7, 11) is 0. The maximum Gasteiger partial charge on any atom is 0.307 e. The van der Waals surface area contributed by atoms with Gasteiger partial charge in [-0.2, -0.15) is 0 Å². The van der Waals surface area contributed by atoms with E-state index in [1.807, 2.05) is 31.2 Å². The lowest BCUT2D eigenvalue weighted by Crippen LogP contribution is -2.42. The smallest absolute Gasteiger partial charge is 0.307 e. The molecule has 1 N–H and O–H groups in total. The fourth-order valence-corrected chi connectivity index (χ4v) is 2.98. The lowest BCUT2D eigenvalue weighted by molar-refractivity contribution is -0.142. The number of ether oxygens (including phenoxy) is 1. The first-order valence-electron chi connectivity index (χ1n) is 7.79. The van der Waals surface area contributed by atoms with Gasteiger partial charge in [0.25, 0.3) is 0 Å². The Bertz CT molecular complexity index is 561. The summed E-state index contributed by atoms with van der Waals surface area (Å²) in [5.41, 5.74) is 1.20. The molecule has 1 amide bonds. The van der Waals surface area contributed by atoms with Crippen LogP contribution in [0.15, 0.2) is 24.3 Å². The quantitative estimate of drug-likeness (QED) is 0.925. The Morgan fingerprint density at radius 2 is 1.77 bits per heavy atom. The van der Waals surface area contributed by atoms with Crippen LogP contribution >= 0.6 is 0 Å². The average molecular weight is 303 g/mol. The number of aliphatic carboxylic acids is 1. The van der Waals surface area contributed by atoms with Crippen LogP contribution in [0.3, 0.4) is 0 Å². The maximum atomic E-state index is 12.2. The Hall–Kier alpha value is -2.04. The largest absolute Gasteiger partial charge is 0.490 e. The van der Waals surface area contributed by atoms with E-state index in [1.165, 1.54) is 5.56 Å². The number of amides is 1. The maximum absolute atomic E-state index is 12.2. The SMILES string of the molecule is Cc1ccc(OC2CCN(C(=O)[C@@H]3C[C@H]3C(=O)O)CC2)cc1. The molecule has 0 bridgehead atoms. The minimum atomic E-state index is -0.851. The zero-order valence-corrected chi connectivity index (χ0v) is 12.7. The van der Waals surface area contributed by atoms with Gasteiger partial charge in [0.15, 0.2) is 0 Å². The monoisotopic (exact) mass is 303 g/mol. The first-order chi connectivity index (χ1) is 10.5. The number of likely N-dealkylation sites (tertiary alicyclic amines) is 1. The van der Waals surface area contributed by atoms with Crippen molar-refractivity contribution in [1.82, 2.24) is 4.90 Å². The fourth-order valence-electron chi connectivity index (χ4n) is 2.98. The molecule has 1 heterocycles. The number of carbonyl (C=O) groups is 2. The van der Waals surface area contributed by atoms with Crippen LogP contribution < -0.4 is 4.74 Å². The summed E-state index contributed by atoms with van der Waals surface area (Å²) in [5, 5.41) is 8.91. The average Bonchev–Trinajstić information content (AvgIpc) is 3.30. The molecular formula is C17H21NO4. The van der Waals surface area contributed by atoms with E-state index in [0.29, 0.717) is 19.5 Å². The second-order valence-electron chi connectivity index (χ2n) is 6.24. The van der Waals surface area contributed by atoms with Crippen LogP contribution in [0.1, 0.15) is 24.8 Å². The lowest BCUT2D eigenvalue weighted by atomic mass is 10.1. The van der Waals surface area contributed by atoms with Crippen LogP contribution in [0.5, 0.6) is 5.75 Å². The van der Waals surface area contributed by atoms with Crippen molar-refractivity contribution >= 4 is 11.9 Å². The number of rotatable bonds is 4. The molecule has 0 radical (unpaired) electrons. The van der Waals surface area contributed by atoms with Crippen LogP contribution in [0.4, 0.5) is 0 Å². The molecule has 1 aliphatic heterocycles. The molecule has 2 fully saturated rings. The van der Waals surface area contributed by atoms with Gasteiger partial charge in [0.05, 0.1) is 11.8 Å². The molecule has 3 rings (SSSR count). The van der Waals surface area contributed by atoms with Crippen molar-refractivity contribution in [1.29, 1.82) is 0 Å². The number of benzene rings is 1. The predicted octanol–water partition coefficient (Wildman–Crippen LogP) is 2.09. The van der Waals surface area contributed by atoms with Crippen LogP contribution in [-0.4, -0.2) is 41.1 Å². The molecule has 0 aromatic heterocycles. The van der Waals surface area contributed by atoms with Gasteiger partial charge in [-0.25, -0.2) is 0 Å². The minimum absolute atomic E-state index is 0.00110. The summed E-state index contributed by atoms with van der Waals surface area (Å²) in [5.74, 6) is -0.748. The molecule has 0 spiro atoms. The van der Waals surface area contributed by atoms with Crippen LogP contribution in [0, 0.1) is 18.8 Å². The topological polar surface area (TPSA) is 66.8 Å². The van der Waals surface area contributed by atoms with Gasteiger partial charge < -0.3 is 14.7 Å². The lowest BCUT2D eigenvalue weighted by Gasteiger charge is -2.32. The first-order valence-corrected chi connectivity index (χ1v) is 7.79.